The number of ether oxygens (including phenoxy) is 1. The Hall–Kier alpha value is -2.53. The summed E-state index contributed by atoms with van der Waals surface area (Å²) in [6, 6.07) is -0.942. The van der Waals surface area contributed by atoms with Gasteiger partial charge in [0.1, 0.15) is 11.8 Å². The molecule has 0 aromatic heterocycles. The van der Waals surface area contributed by atoms with Gasteiger partial charge in [-0.05, 0) is 51.4 Å². The molecule has 0 heterocycles. The van der Waals surface area contributed by atoms with E-state index in [2.05, 4.69) is 61.6 Å². The van der Waals surface area contributed by atoms with Gasteiger partial charge >= 0.3 is 11.9 Å². The maximum absolute atomic E-state index is 11.8. The Morgan fingerprint density at radius 2 is 1.24 bits per heavy atom. The van der Waals surface area contributed by atoms with Crippen LogP contribution in [0, 0.1) is 5.92 Å². The molecule has 0 aliphatic heterocycles. The second kappa shape index (κ2) is 21.3. The highest BCUT2D eigenvalue weighted by Gasteiger charge is 2.20. The van der Waals surface area contributed by atoms with Crippen molar-refractivity contribution in [1.29, 1.82) is 0 Å². The summed E-state index contributed by atoms with van der Waals surface area (Å²) < 4.78 is 4.77. The number of carbonyl (C=O) groups excluding carboxylic acids is 3. The van der Waals surface area contributed by atoms with Gasteiger partial charge in [-0.3, -0.25) is 9.59 Å². The van der Waals surface area contributed by atoms with Crippen LogP contribution in [0.4, 0.5) is 0 Å². The van der Waals surface area contributed by atoms with Gasteiger partial charge < -0.3 is 10.5 Å². The number of hydrogen-bond donors (Lipinski definition) is 1. The summed E-state index contributed by atoms with van der Waals surface area (Å²) in [5.41, 5.74) is 5.70. The summed E-state index contributed by atoms with van der Waals surface area (Å²) in [4.78, 5) is 35.1. The van der Waals surface area contributed by atoms with Crippen LogP contribution in [-0.2, 0) is 19.1 Å². The van der Waals surface area contributed by atoms with E-state index < -0.39 is 18.0 Å². The Morgan fingerprint density at radius 1 is 0.758 bits per heavy atom. The largest absolute Gasteiger partial charge is 0.392 e. The molecule has 0 rings (SSSR count). The number of ketones is 1. The molecule has 0 radical (unpaired) electrons. The molecule has 0 aromatic carbocycles. The van der Waals surface area contributed by atoms with E-state index in [1.165, 1.54) is 0 Å². The Bertz CT molecular complexity index is 699. The monoisotopic (exact) mass is 457 g/mol. The minimum atomic E-state index is -0.942. The summed E-state index contributed by atoms with van der Waals surface area (Å²) in [5, 5.41) is 0. The first-order valence-electron chi connectivity index (χ1n) is 12.2. The number of rotatable bonds is 18. The lowest BCUT2D eigenvalue weighted by Gasteiger charge is -2.10. The molecule has 184 valence electrons. The van der Waals surface area contributed by atoms with E-state index >= 15 is 0 Å². The molecule has 0 amide bonds. The highest BCUT2D eigenvalue weighted by atomic mass is 16.6. The average Bonchev–Trinajstić information content (AvgIpc) is 2.78. The van der Waals surface area contributed by atoms with Crippen molar-refractivity contribution in [1.82, 2.24) is 0 Å². The maximum atomic E-state index is 11.8. The molecule has 33 heavy (non-hydrogen) atoms. The Morgan fingerprint density at radius 3 is 1.73 bits per heavy atom. The molecule has 0 aliphatic carbocycles. The second-order valence-corrected chi connectivity index (χ2v) is 8.16. The average molecular weight is 458 g/mol. The standard InChI is InChI=1S/C28H43NO4/c1-4-5-6-7-8-9-10-11-12-13-14-15-16-17-18-19-20-21-27(31)33-28(32)25(29)22-23-26(30)24(2)3/h5-6,8-9,11-12,14-15,17-18,24-25H,4,7,10,13,16,19-23,29H2,1-3H3/b6-5-,9-8-,12-11-,15-14-,18-17-. The van der Waals surface area contributed by atoms with E-state index in [1.807, 2.05) is 6.08 Å². The van der Waals surface area contributed by atoms with Crippen molar-refractivity contribution in [3.05, 3.63) is 60.8 Å². The van der Waals surface area contributed by atoms with Crippen LogP contribution >= 0.6 is 0 Å². The quantitative estimate of drug-likeness (QED) is 0.113. The van der Waals surface area contributed by atoms with Crippen molar-refractivity contribution in [2.24, 2.45) is 11.7 Å². The first kappa shape index (κ1) is 30.5. The van der Waals surface area contributed by atoms with Gasteiger partial charge in [-0.15, -0.1) is 0 Å². The molecule has 5 heteroatoms. The highest BCUT2D eigenvalue weighted by Crippen LogP contribution is 2.06. The van der Waals surface area contributed by atoms with Gasteiger partial charge in [0.15, 0.2) is 0 Å². The van der Waals surface area contributed by atoms with Gasteiger partial charge in [0, 0.05) is 18.8 Å². The molecule has 0 spiro atoms. The summed E-state index contributed by atoms with van der Waals surface area (Å²) in [5.74, 6) is -1.38. The lowest BCUT2D eigenvalue weighted by molar-refractivity contribution is -0.160. The van der Waals surface area contributed by atoms with Crippen LogP contribution in [0.25, 0.3) is 0 Å². The van der Waals surface area contributed by atoms with Gasteiger partial charge in [-0.2, -0.15) is 0 Å². The first-order chi connectivity index (χ1) is 15.9. The summed E-state index contributed by atoms with van der Waals surface area (Å²) >= 11 is 0. The number of allylic oxidation sites excluding steroid dienone is 10. The number of hydrogen-bond acceptors (Lipinski definition) is 5. The van der Waals surface area contributed by atoms with Gasteiger partial charge in [0.05, 0.1) is 0 Å². The molecular formula is C28H43NO4. The zero-order valence-corrected chi connectivity index (χ0v) is 20.7. The fraction of sp³-hybridized carbons (Fsp3) is 0.536. The molecular weight excluding hydrogens is 414 g/mol. The molecule has 0 saturated heterocycles. The number of carbonyl (C=O) groups is 3. The van der Waals surface area contributed by atoms with Crippen LogP contribution in [0.5, 0.6) is 0 Å². The van der Waals surface area contributed by atoms with E-state index in [1.54, 1.807) is 13.8 Å². The second-order valence-electron chi connectivity index (χ2n) is 8.16. The Kier molecular flexibility index (Phi) is 19.7. The third-order valence-corrected chi connectivity index (χ3v) is 4.77. The van der Waals surface area contributed by atoms with Crippen molar-refractivity contribution in [2.45, 2.75) is 91.0 Å². The summed E-state index contributed by atoms with van der Waals surface area (Å²) in [6.07, 6.45) is 28.1. The van der Waals surface area contributed by atoms with Crippen molar-refractivity contribution >= 4 is 17.7 Å². The fourth-order valence-electron chi connectivity index (χ4n) is 2.68. The van der Waals surface area contributed by atoms with Crippen LogP contribution < -0.4 is 5.73 Å². The highest BCUT2D eigenvalue weighted by molar-refractivity contribution is 5.89. The predicted octanol–water partition coefficient (Wildman–Crippen LogP) is 6.31. The number of nitrogens with two attached hydrogens (primary N) is 1. The molecule has 0 aromatic rings. The Balaban J connectivity index is 3.78. The lowest BCUT2D eigenvalue weighted by atomic mass is 10.0. The lowest BCUT2D eigenvalue weighted by Crippen LogP contribution is -2.34. The Labute approximate surface area is 200 Å². The summed E-state index contributed by atoms with van der Waals surface area (Å²) in [7, 11) is 0. The smallest absolute Gasteiger partial charge is 0.330 e. The van der Waals surface area contributed by atoms with Gasteiger partial charge in [-0.1, -0.05) is 81.5 Å². The first-order valence-corrected chi connectivity index (χ1v) is 12.2. The van der Waals surface area contributed by atoms with Gasteiger partial charge in [0.2, 0.25) is 0 Å². The van der Waals surface area contributed by atoms with Crippen molar-refractivity contribution in [2.75, 3.05) is 0 Å². The van der Waals surface area contributed by atoms with Gasteiger partial charge in [0.25, 0.3) is 0 Å². The number of esters is 2. The molecule has 1 atom stereocenters. The SMILES string of the molecule is CC/C=C\C/C=C\C/C=C\C/C=C\C/C=C\CCCC(=O)OC(=O)C(N)CCC(=O)C(C)C. The van der Waals surface area contributed by atoms with E-state index in [9.17, 15) is 14.4 Å². The molecule has 2 N–H and O–H groups in total. The minimum Gasteiger partial charge on any atom is -0.392 e. The minimum absolute atomic E-state index is 0.0432. The van der Waals surface area contributed by atoms with Crippen LogP contribution in [0.3, 0.4) is 0 Å². The fourth-order valence-corrected chi connectivity index (χ4v) is 2.68. The zero-order chi connectivity index (χ0) is 24.7. The van der Waals surface area contributed by atoms with E-state index in [4.69, 9.17) is 10.5 Å². The third kappa shape index (κ3) is 19.9. The molecule has 5 nitrogen and oxygen atoms in total. The molecule has 0 saturated carbocycles. The third-order valence-electron chi connectivity index (χ3n) is 4.77. The van der Waals surface area contributed by atoms with E-state index in [0.29, 0.717) is 6.42 Å². The van der Waals surface area contributed by atoms with Crippen molar-refractivity contribution in [3.8, 4) is 0 Å². The predicted molar refractivity (Wildman–Crippen MR) is 136 cm³/mol. The van der Waals surface area contributed by atoms with Crippen molar-refractivity contribution in [3.63, 3.8) is 0 Å². The number of unbranched alkanes of at least 4 members (excludes halogenated alkanes) is 1. The maximum Gasteiger partial charge on any atom is 0.330 e. The van der Waals surface area contributed by atoms with Crippen LogP contribution in [-0.4, -0.2) is 23.8 Å². The van der Waals surface area contributed by atoms with E-state index in [-0.39, 0.29) is 31.0 Å². The molecule has 1 unspecified atom stereocenters. The van der Waals surface area contributed by atoms with Crippen molar-refractivity contribution < 1.29 is 19.1 Å². The number of Topliss-reactive ketones (excluding diaryl/α,β-unsaturated/α-hetero) is 1. The van der Waals surface area contributed by atoms with E-state index in [0.717, 1.165) is 38.5 Å². The zero-order valence-electron chi connectivity index (χ0n) is 20.7. The molecule has 0 aliphatic rings. The van der Waals surface area contributed by atoms with Gasteiger partial charge in [-0.25, -0.2) is 4.79 Å². The normalized spacial score (nSPS) is 13.4. The molecule has 0 fully saturated rings. The summed E-state index contributed by atoms with van der Waals surface area (Å²) in [6.45, 7) is 5.73. The van der Waals surface area contributed by atoms with Crippen LogP contribution in [0.2, 0.25) is 0 Å². The topological polar surface area (TPSA) is 86.5 Å². The van der Waals surface area contributed by atoms with Crippen LogP contribution in [0.15, 0.2) is 60.8 Å². The van der Waals surface area contributed by atoms with Crippen LogP contribution in [0.1, 0.15) is 85.0 Å². The molecule has 0 bridgehead atoms.